The highest BCUT2D eigenvalue weighted by Gasteiger charge is 2.47. The molecule has 8 aromatic rings. The summed E-state index contributed by atoms with van der Waals surface area (Å²) in [6.07, 6.45) is 0. The molecule has 0 unspecified atom stereocenters. The predicted molar refractivity (Wildman–Crippen MR) is 223 cm³/mol. The van der Waals surface area contributed by atoms with Crippen molar-refractivity contribution in [3.63, 3.8) is 0 Å². The van der Waals surface area contributed by atoms with Crippen molar-refractivity contribution < 1.29 is 0 Å². The van der Waals surface area contributed by atoms with Gasteiger partial charge in [-0.15, -0.1) is 0 Å². The molecule has 0 aliphatic heterocycles. The lowest BCUT2D eigenvalue weighted by atomic mass is 9.68. The lowest BCUT2D eigenvalue weighted by Gasteiger charge is -2.33. The molecule has 0 atom stereocenters. The molecule has 0 heterocycles. The summed E-state index contributed by atoms with van der Waals surface area (Å²) in [7, 11) is 0. The number of hydrogen-bond acceptors (Lipinski definition) is 0. The molecular weight excluding hydrogens is 760 g/mol. The second-order valence-corrected chi connectivity index (χ2v) is 15.3. The van der Waals surface area contributed by atoms with Gasteiger partial charge >= 0.3 is 0 Å². The van der Waals surface area contributed by atoms with E-state index in [-0.39, 0.29) is 10.8 Å². The largest absolute Gasteiger partial charge is 0.0713 e. The Morgan fingerprint density at radius 2 is 0.519 bits per heavy atom. The second kappa shape index (κ2) is 13.4. The van der Waals surface area contributed by atoms with Crippen molar-refractivity contribution in [2.24, 2.45) is 0 Å². The minimum atomic E-state index is -0.293. The summed E-state index contributed by atoms with van der Waals surface area (Å²) in [6, 6.07) is 74.4. The zero-order chi connectivity index (χ0) is 35.1. The van der Waals surface area contributed by atoms with E-state index in [1.807, 2.05) is 0 Å². The third-order valence-electron chi connectivity index (χ3n) is 10.8. The Labute approximate surface area is 322 Å². The van der Waals surface area contributed by atoms with Gasteiger partial charge in [-0.2, -0.15) is 0 Å². The summed E-state index contributed by atoms with van der Waals surface area (Å²) in [4.78, 5) is 0. The summed E-state index contributed by atoms with van der Waals surface area (Å²) >= 11 is 7.41. The van der Waals surface area contributed by atoms with Crippen LogP contribution >= 0.6 is 31.9 Å². The van der Waals surface area contributed by atoms with Gasteiger partial charge in [0.2, 0.25) is 0 Å². The Balaban J connectivity index is 0.000000138. The van der Waals surface area contributed by atoms with Crippen LogP contribution in [0.1, 0.15) is 44.5 Å². The maximum Gasteiger partial charge on any atom is 0.0713 e. The molecule has 0 bridgehead atoms. The molecule has 248 valence electrons. The van der Waals surface area contributed by atoms with Gasteiger partial charge < -0.3 is 0 Å². The maximum atomic E-state index is 3.71. The van der Waals surface area contributed by atoms with E-state index in [9.17, 15) is 0 Å². The topological polar surface area (TPSA) is 0 Å². The fraction of sp³-hybridized carbons (Fsp3) is 0.0400. The molecule has 0 radical (unpaired) electrons. The first-order chi connectivity index (χ1) is 25.6. The minimum Gasteiger partial charge on any atom is -0.0622 e. The van der Waals surface area contributed by atoms with Gasteiger partial charge in [0.15, 0.2) is 0 Å². The molecule has 0 fully saturated rings. The van der Waals surface area contributed by atoms with Crippen LogP contribution in [0.3, 0.4) is 0 Å². The van der Waals surface area contributed by atoms with Crippen LogP contribution in [-0.2, 0) is 10.8 Å². The van der Waals surface area contributed by atoms with E-state index in [0.717, 1.165) is 8.95 Å². The van der Waals surface area contributed by atoms with Crippen LogP contribution < -0.4 is 0 Å². The van der Waals surface area contributed by atoms with Crippen molar-refractivity contribution in [3.05, 3.63) is 260 Å². The first kappa shape index (κ1) is 32.6. The first-order valence-electron chi connectivity index (χ1n) is 17.7. The highest BCUT2D eigenvalue weighted by molar-refractivity contribution is 9.10. The lowest BCUT2D eigenvalue weighted by Crippen LogP contribution is -2.28. The molecule has 0 saturated heterocycles. The molecule has 2 aliphatic carbocycles. The summed E-state index contributed by atoms with van der Waals surface area (Å²) in [5, 5.41) is 0. The third-order valence-corrected chi connectivity index (χ3v) is 11.8. The average molecular weight is 795 g/mol. The Hall–Kier alpha value is -5.28. The molecule has 0 saturated carbocycles. The Morgan fingerprint density at radius 1 is 0.250 bits per heavy atom. The normalized spacial score (nSPS) is 13.9. The fourth-order valence-corrected chi connectivity index (χ4v) is 9.56. The Morgan fingerprint density at radius 3 is 0.846 bits per heavy atom. The van der Waals surface area contributed by atoms with Crippen LogP contribution in [0.4, 0.5) is 0 Å². The molecule has 52 heavy (non-hydrogen) atoms. The first-order valence-corrected chi connectivity index (χ1v) is 19.2. The third kappa shape index (κ3) is 5.00. The zero-order valence-electron chi connectivity index (χ0n) is 28.4. The van der Waals surface area contributed by atoms with E-state index in [0.29, 0.717) is 0 Å². The van der Waals surface area contributed by atoms with Crippen molar-refractivity contribution in [1.29, 1.82) is 0 Å². The van der Waals surface area contributed by atoms with Gasteiger partial charge in [0.25, 0.3) is 0 Å². The van der Waals surface area contributed by atoms with Crippen molar-refractivity contribution >= 4 is 31.9 Å². The van der Waals surface area contributed by atoms with E-state index >= 15 is 0 Å². The van der Waals surface area contributed by atoms with Gasteiger partial charge in [-0.3, -0.25) is 0 Å². The van der Waals surface area contributed by atoms with E-state index < -0.39 is 0 Å². The second-order valence-electron chi connectivity index (χ2n) is 13.4. The Bertz CT molecular complexity index is 2260. The number of benzene rings is 8. The quantitative estimate of drug-likeness (QED) is 0.166. The van der Waals surface area contributed by atoms with Crippen LogP contribution in [0.5, 0.6) is 0 Å². The molecule has 8 aromatic carbocycles. The zero-order valence-corrected chi connectivity index (χ0v) is 31.6. The van der Waals surface area contributed by atoms with Gasteiger partial charge in [0, 0.05) is 8.95 Å². The van der Waals surface area contributed by atoms with Crippen molar-refractivity contribution in [3.8, 4) is 22.3 Å². The van der Waals surface area contributed by atoms with Gasteiger partial charge in [0.1, 0.15) is 0 Å². The molecular formula is C50H34Br2. The molecule has 0 amide bonds. The average Bonchev–Trinajstić information content (AvgIpc) is 3.67. The van der Waals surface area contributed by atoms with Crippen LogP contribution in [-0.4, -0.2) is 0 Å². The summed E-state index contributed by atoms with van der Waals surface area (Å²) < 4.78 is 2.22. The lowest BCUT2D eigenvalue weighted by molar-refractivity contribution is 0.768. The van der Waals surface area contributed by atoms with Gasteiger partial charge in [-0.1, -0.05) is 214 Å². The minimum absolute atomic E-state index is 0.293. The van der Waals surface area contributed by atoms with Gasteiger partial charge in [0.05, 0.1) is 10.8 Å². The maximum absolute atomic E-state index is 3.71. The number of fused-ring (bicyclic) bond motifs is 6. The van der Waals surface area contributed by atoms with E-state index in [4.69, 9.17) is 0 Å². The highest BCUT2D eigenvalue weighted by Crippen LogP contribution is 2.57. The monoisotopic (exact) mass is 792 g/mol. The smallest absolute Gasteiger partial charge is 0.0622 e. The molecule has 10 rings (SSSR count). The van der Waals surface area contributed by atoms with Crippen LogP contribution in [0, 0.1) is 0 Å². The van der Waals surface area contributed by atoms with E-state index in [1.165, 1.54) is 66.8 Å². The highest BCUT2D eigenvalue weighted by atomic mass is 79.9. The molecule has 0 N–H and O–H groups in total. The fourth-order valence-electron chi connectivity index (χ4n) is 8.83. The Kier molecular flexibility index (Phi) is 8.38. The standard InChI is InChI=1S/2C25H17Br/c2*26-20-15-16-22-21-13-7-8-14-23(21)25(24(22)17-20,18-9-3-1-4-10-18)19-11-5-2-6-12-19/h2*1-17H. The summed E-state index contributed by atoms with van der Waals surface area (Å²) in [6.45, 7) is 0. The summed E-state index contributed by atoms with van der Waals surface area (Å²) in [5.74, 6) is 0. The van der Waals surface area contributed by atoms with Crippen molar-refractivity contribution in [1.82, 2.24) is 0 Å². The molecule has 2 aliphatic rings. The molecule has 0 nitrogen and oxygen atoms in total. The van der Waals surface area contributed by atoms with Crippen molar-refractivity contribution in [2.75, 3.05) is 0 Å². The summed E-state index contributed by atoms with van der Waals surface area (Å²) in [5.41, 5.74) is 15.3. The van der Waals surface area contributed by atoms with E-state index in [2.05, 4.69) is 238 Å². The van der Waals surface area contributed by atoms with E-state index in [1.54, 1.807) is 0 Å². The molecule has 0 spiro atoms. The predicted octanol–water partition coefficient (Wildman–Crippen LogP) is 13.6. The van der Waals surface area contributed by atoms with Gasteiger partial charge in [-0.05, 0) is 91.0 Å². The SMILES string of the molecule is Brc1ccc2c(c1)C(c1ccccc1)(c1ccccc1)c1ccccc1-2.Brc1ccc2c(c1)C(c1ccccc1)(c1ccccc1)c1ccccc1-2. The number of rotatable bonds is 4. The van der Waals surface area contributed by atoms with Crippen LogP contribution in [0.25, 0.3) is 22.3 Å². The number of hydrogen-bond donors (Lipinski definition) is 0. The molecule has 0 aromatic heterocycles. The van der Waals surface area contributed by atoms with Crippen molar-refractivity contribution in [2.45, 2.75) is 10.8 Å². The van der Waals surface area contributed by atoms with Crippen LogP contribution in [0.2, 0.25) is 0 Å². The van der Waals surface area contributed by atoms with Gasteiger partial charge in [-0.25, -0.2) is 0 Å². The van der Waals surface area contributed by atoms with Crippen LogP contribution in [0.15, 0.2) is 215 Å². The molecule has 2 heteroatoms. The number of halogens is 2.